The van der Waals surface area contributed by atoms with Crippen molar-refractivity contribution in [2.24, 2.45) is 4.99 Å². The van der Waals surface area contributed by atoms with Crippen molar-refractivity contribution < 1.29 is 14.3 Å². The van der Waals surface area contributed by atoms with E-state index in [1.807, 2.05) is 80.6 Å². The first kappa shape index (κ1) is 23.0. The fourth-order valence-corrected chi connectivity index (χ4v) is 4.18. The number of aliphatic imine (C=N–C) groups is 1. The number of halogens is 1. The lowest BCUT2D eigenvalue weighted by atomic mass is 10.2. The maximum absolute atomic E-state index is 12.5. The molecule has 7 heteroatoms. The average molecular weight is 479 g/mol. The molecule has 33 heavy (non-hydrogen) atoms. The number of ether oxygens (including phenoxy) is 2. The van der Waals surface area contributed by atoms with Gasteiger partial charge < -0.3 is 14.8 Å². The molecule has 168 valence electrons. The van der Waals surface area contributed by atoms with E-state index in [1.54, 1.807) is 6.07 Å². The van der Waals surface area contributed by atoms with Crippen molar-refractivity contribution in [2.75, 3.05) is 6.61 Å². The zero-order valence-corrected chi connectivity index (χ0v) is 19.9. The first-order valence-corrected chi connectivity index (χ1v) is 11.7. The van der Waals surface area contributed by atoms with Crippen molar-refractivity contribution in [3.63, 3.8) is 0 Å². The van der Waals surface area contributed by atoms with Crippen molar-refractivity contribution in [1.29, 1.82) is 0 Å². The standard InChI is InChI=1S/C26H23ClN2O3S/c1-3-31-23-13-19(10-12-22(23)32-16-18-7-5-4-6-8-18)14-24-25(30)29-26(33-24)28-21-15-20(27)11-9-17(21)2/h4-15H,3,16H2,1-2H3,(H,28,29,30)/b24-14-. The highest BCUT2D eigenvalue weighted by atomic mass is 35.5. The van der Waals surface area contributed by atoms with Gasteiger partial charge in [-0.2, -0.15) is 0 Å². The fraction of sp³-hybridized carbons (Fsp3) is 0.154. The molecule has 0 saturated carbocycles. The summed E-state index contributed by atoms with van der Waals surface area (Å²) < 4.78 is 11.8. The Morgan fingerprint density at radius 1 is 1.03 bits per heavy atom. The average Bonchev–Trinajstić information content (AvgIpc) is 3.15. The van der Waals surface area contributed by atoms with Crippen LogP contribution in [0, 0.1) is 6.92 Å². The maximum Gasteiger partial charge on any atom is 0.264 e. The van der Waals surface area contributed by atoms with E-state index in [0.29, 0.717) is 39.8 Å². The van der Waals surface area contributed by atoms with Gasteiger partial charge in [-0.25, -0.2) is 4.99 Å². The molecule has 0 bridgehead atoms. The smallest absolute Gasteiger partial charge is 0.264 e. The van der Waals surface area contributed by atoms with E-state index < -0.39 is 0 Å². The van der Waals surface area contributed by atoms with Crippen LogP contribution in [0.1, 0.15) is 23.6 Å². The number of amidine groups is 1. The first-order valence-electron chi connectivity index (χ1n) is 10.5. The predicted octanol–water partition coefficient (Wildman–Crippen LogP) is 6.52. The molecular weight excluding hydrogens is 456 g/mol. The van der Waals surface area contributed by atoms with Gasteiger partial charge in [-0.15, -0.1) is 0 Å². The number of thioether (sulfide) groups is 1. The van der Waals surface area contributed by atoms with E-state index in [9.17, 15) is 4.79 Å². The number of aryl methyl sites for hydroxylation is 1. The van der Waals surface area contributed by atoms with Crippen LogP contribution in [0.15, 0.2) is 76.6 Å². The SMILES string of the molecule is CCOc1cc(/C=C2\SC(=Nc3cc(Cl)ccc3C)NC2=O)ccc1OCc1ccccc1. The Morgan fingerprint density at radius 3 is 2.64 bits per heavy atom. The minimum Gasteiger partial charge on any atom is -0.490 e. The molecule has 1 aliphatic heterocycles. The van der Waals surface area contributed by atoms with Crippen LogP contribution in [0.2, 0.25) is 5.02 Å². The van der Waals surface area contributed by atoms with Gasteiger partial charge in [0.1, 0.15) is 6.61 Å². The third-order valence-electron chi connectivity index (χ3n) is 4.85. The lowest BCUT2D eigenvalue weighted by Gasteiger charge is -2.13. The van der Waals surface area contributed by atoms with Crippen LogP contribution >= 0.6 is 23.4 Å². The molecule has 1 aliphatic rings. The lowest BCUT2D eigenvalue weighted by molar-refractivity contribution is -0.115. The largest absolute Gasteiger partial charge is 0.490 e. The molecule has 1 amide bonds. The van der Waals surface area contributed by atoms with Crippen LogP contribution in [-0.4, -0.2) is 17.7 Å². The number of rotatable bonds is 7. The molecule has 0 unspecified atom stereocenters. The summed E-state index contributed by atoms with van der Waals surface area (Å²) in [5.74, 6) is 1.10. The highest BCUT2D eigenvalue weighted by Crippen LogP contribution is 2.33. The Balaban J connectivity index is 1.53. The van der Waals surface area contributed by atoms with Crippen LogP contribution in [0.25, 0.3) is 6.08 Å². The monoisotopic (exact) mass is 478 g/mol. The molecule has 4 rings (SSSR count). The third kappa shape index (κ3) is 5.97. The van der Waals surface area contributed by atoms with E-state index in [1.165, 1.54) is 11.8 Å². The molecule has 1 N–H and O–H groups in total. The van der Waals surface area contributed by atoms with Gasteiger partial charge in [-0.1, -0.05) is 54.1 Å². The quantitative estimate of drug-likeness (QED) is 0.393. The minimum absolute atomic E-state index is 0.194. The van der Waals surface area contributed by atoms with Crippen molar-refractivity contribution in [2.45, 2.75) is 20.5 Å². The maximum atomic E-state index is 12.5. The van der Waals surface area contributed by atoms with Crippen LogP contribution in [0.3, 0.4) is 0 Å². The second-order valence-electron chi connectivity index (χ2n) is 7.33. The summed E-state index contributed by atoms with van der Waals surface area (Å²) in [4.78, 5) is 17.6. The van der Waals surface area contributed by atoms with E-state index in [0.717, 1.165) is 22.4 Å². The highest BCUT2D eigenvalue weighted by Gasteiger charge is 2.24. The molecule has 3 aromatic rings. The Morgan fingerprint density at radius 2 is 1.85 bits per heavy atom. The fourth-order valence-electron chi connectivity index (χ4n) is 3.18. The minimum atomic E-state index is -0.194. The molecule has 3 aromatic carbocycles. The molecule has 5 nitrogen and oxygen atoms in total. The molecule has 1 saturated heterocycles. The number of carbonyl (C=O) groups is 1. The van der Waals surface area contributed by atoms with E-state index in [-0.39, 0.29) is 5.91 Å². The zero-order chi connectivity index (χ0) is 23.2. The number of hydrogen-bond acceptors (Lipinski definition) is 5. The molecule has 0 spiro atoms. The van der Waals surface area contributed by atoms with Gasteiger partial charge in [0.15, 0.2) is 16.7 Å². The van der Waals surface area contributed by atoms with Crippen molar-refractivity contribution >= 4 is 46.2 Å². The molecule has 1 fully saturated rings. The first-order chi connectivity index (χ1) is 16.0. The van der Waals surface area contributed by atoms with Gasteiger partial charge in [0.05, 0.1) is 17.2 Å². The molecule has 0 radical (unpaired) electrons. The second-order valence-corrected chi connectivity index (χ2v) is 8.79. The van der Waals surface area contributed by atoms with Crippen LogP contribution in [0.5, 0.6) is 11.5 Å². The summed E-state index contributed by atoms with van der Waals surface area (Å²) in [5.41, 5.74) is 3.62. The van der Waals surface area contributed by atoms with Gasteiger partial charge in [0.25, 0.3) is 5.91 Å². The summed E-state index contributed by atoms with van der Waals surface area (Å²) in [6, 6.07) is 21.1. The number of benzene rings is 3. The van der Waals surface area contributed by atoms with E-state index in [2.05, 4.69) is 10.3 Å². The Hall–Kier alpha value is -3.22. The van der Waals surface area contributed by atoms with Gasteiger partial charge in [0.2, 0.25) is 0 Å². The number of nitrogens with one attached hydrogen (secondary N) is 1. The van der Waals surface area contributed by atoms with Gasteiger partial charge in [0, 0.05) is 5.02 Å². The topological polar surface area (TPSA) is 59.9 Å². The lowest BCUT2D eigenvalue weighted by Crippen LogP contribution is -2.19. The Labute approximate surface area is 202 Å². The molecule has 0 aliphatic carbocycles. The Bertz CT molecular complexity index is 1230. The van der Waals surface area contributed by atoms with Crippen LogP contribution in [0.4, 0.5) is 5.69 Å². The number of carbonyl (C=O) groups excluding carboxylic acids is 1. The normalized spacial score (nSPS) is 15.7. The zero-order valence-electron chi connectivity index (χ0n) is 18.3. The predicted molar refractivity (Wildman–Crippen MR) is 135 cm³/mol. The molecular formula is C26H23ClN2O3S. The number of amides is 1. The summed E-state index contributed by atoms with van der Waals surface area (Å²) in [7, 11) is 0. The van der Waals surface area contributed by atoms with Gasteiger partial charge >= 0.3 is 0 Å². The molecule has 0 atom stereocenters. The summed E-state index contributed by atoms with van der Waals surface area (Å²) in [6.45, 7) is 4.83. The summed E-state index contributed by atoms with van der Waals surface area (Å²) in [6.07, 6.45) is 1.82. The van der Waals surface area contributed by atoms with Crippen molar-refractivity contribution in [1.82, 2.24) is 5.32 Å². The molecule has 0 aromatic heterocycles. The van der Waals surface area contributed by atoms with Crippen LogP contribution < -0.4 is 14.8 Å². The van der Waals surface area contributed by atoms with E-state index in [4.69, 9.17) is 21.1 Å². The van der Waals surface area contributed by atoms with Crippen molar-refractivity contribution in [3.05, 3.63) is 93.3 Å². The molecule has 1 heterocycles. The summed E-state index contributed by atoms with van der Waals surface area (Å²) >= 11 is 7.37. The third-order valence-corrected chi connectivity index (χ3v) is 5.99. The van der Waals surface area contributed by atoms with E-state index >= 15 is 0 Å². The highest BCUT2D eigenvalue weighted by molar-refractivity contribution is 8.18. The van der Waals surface area contributed by atoms with Gasteiger partial charge in [-0.3, -0.25) is 4.79 Å². The second kappa shape index (κ2) is 10.6. The number of hydrogen-bond donors (Lipinski definition) is 1. The summed E-state index contributed by atoms with van der Waals surface area (Å²) in [5, 5.41) is 3.93. The van der Waals surface area contributed by atoms with Crippen LogP contribution in [-0.2, 0) is 11.4 Å². The Kier molecular flexibility index (Phi) is 7.37. The van der Waals surface area contributed by atoms with Crippen molar-refractivity contribution in [3.8, 4) is 11.5 Å². The van der Waals surface area contributed by atoms with Gasteiger partial charge in [-0.05, 0) is 72.6 Å². The number of nitrogens with zero attached hydrogens (tertiary/aromatic N) is 1.